The summed E-state index contributed by atoms with van der Waals surface area (Å²) in [5, 5.41) is 3.16. The Bertz CT molecular complexity index is 1110. The van der Waals surface area contributed by atoms with Crippen molar-refractivity contribution in [1.82, 2.24) is 4.90 Å². The molecule has 1 N–H and O–H groups in total. The number of ether oxygens (including phenoxy) is 1. The van der Waals surface area contributed by atoms with E-state index in [2.05, 4.69) is 5.32 Å². The van der Waals surface area contributed by atoms with E-state index in [1.54, 1.807) is 25.1 Å². The molecule has 1 fully saturated rings. The lowest BCUT2D eigenvalue weighted by atomic mass is 9.94. The predicted octanol–water partition coefficient (Wildman–Crippen LogP) is 4.37. The Kier molecular flexibility index (Phi) is 6.28. The van der Waals surface area contributed by atoms with Crippen molar-refractivity contribution in [3.8, 4) is 0 Å². The number of imide groups is 1. The number of esters is 1. The minimum atomic E-state index is -0.748. The second-order valence-corrected chi connectivity index (χ2v) is 8.48. The van der Waals surface area contributed by atoms with Crippen molar-refractivity contribution >= 4 is 41.0 Å². The first-order chi connectivity index (χ1) is 15.4. The molecule has 0 atom stereocenters. The highest BCUT2D eigenvalue weighted by atomic mass is 35.5. The molecule has 0 bridgehead atoms. The highest BCUT2D eigenvalue weighted by Crippen LogP contribution is 2.31. The van der Waals surface area contributed by atoms with Gasteiger partial charge in [0.2, 0.25) is 0 Å². The van der Waals surface area contributed by atoms with E-state index < -0.39 is 18.5 Å². The molecule has 166 valence electrons. The topological polar surface area (TPSA) is 92.8 Å². The fourth-order valence-corrected chi connectivity index (χ4v) is 4.38. The molecule has 1 aliphatic heterocycles. The van der Waals surface area contributed by atoms with E-state index in [1.165, 1.54) is 23.1 Å². The van der Waals surface area contributed by atoms with Crippen LogP contribution in [0.4, 0.5) is 5.69 Å². The molecule has 32 heavy (non-hydrogen) atoms. The number of rotatable bonds is 5. The smallest absolute Gasteiger partial charge is 0.338 e. The third-order valence-electron chi connectivity index (χ3n) is 5.97. The fraction of sp³-hybridized carbons (Fsp3) is 0.333. The van der Waals surface area contributed by atoms with E-state index >= 15 is 0 Å². The van der Waals surface area contributed by atoms with Crippen LogP contribution in [-0.2, 0) is 9.53 Å². The van der Waals surface area contributed by atoms with Crippen LogP contribution in [0.15, 0.2) is 36.4 Å². The quantitative estimate of drug-likeness (QED) is 0.534. The number of anilines is 1. The molecule has 1 heterocycles. The van der Waals surface area contributed by atoms with Gasteiger partial charge in [0.15, 0.2) is 6.61 Å². The molecule has 4 rings (SSSR count). The number of nitrogens with one attached hydrogen (secondary N) is 1. The summed E-state index contributed by atoms with van der Waals surface area (Å²) in [5.41, 5.74) is 1.85. The van der Waals surface area contributed by atoms with E-state index in [-0.39, 0.29) is 29.0 Å². The lowest BCUT2D eigenvalue weighted by molar-refractivity contribution is -0.119. The zero-order chi connectivity index (χ0) is 22.8. The second-order valence-electron chi connectivity index (χ2n) is 8.07. The van der Waals surface area contributed by atoms with Gasteiger partial charge in [0, 0.05) is 16.8 Å². The van der Waals surface area contributed by atoms with Crippen LogP contribution >= 0.6 is 11.6 Å². The van der Waals surface area contributed by atoms with E-state index in [9.17, 15) is 19.2 Å². The van der Waals surface area contributed by atoms with Crippen LogP contribution in [0.1, 0.15) is 68.7 Å². The van der Waals surface area contributed by atoms with Gasteiger partial charge in [-0.25, -0.2) is 4.79 Å². The van der Waals surface area contributed by atoms with Gasteiger partial charge in [0.1, 0.15) is 0 Å². The normalized spacial score (nSPS) is 16.1. The minimum Gasteiger partial charge on any atom is -0.452 e. The molecule has 7 nitrogen and oxygen atoms in total. The maximum Gasteiger partial charge on any atom is 0.338 e. The SMILES string of the molecule is Cc1c(Cl)cccc1NC(=O)COC(=O)c1ccc2c(c1)C(=O)N(C1CCCCC1)C2=O. The van der Waals surface area contributed by atoms with Gasteiger partial charge in [-0.15, -0.1) is 0 Å². The molecule has 2 aromatic rings. The maximum atomic E-state index is 12.9. The Hall–Kier alpha value is -3.19. The third kappa shape index (κ3) is 4.25. The largest absolute Gasteiger partial charge is 0.452 e. The number of nitrogens with zero attached hydrogens (tertiary/aromatic N) is 1. The van der Waals surface area contributed by atoms with E-state index in [1.807, 2.05) is 0 Å². The number of hydrogen-bond donors (Lipinski definition) is 1. The number of carbonyl (C=O) groups is 4. The summed E-state index contributed by atoms with van der Waals surface area (Å²) in [5.74, 6) is -1.95. The van der Waals surface area contributed by atoms with Crippen LogP contribution in [-0.4, -0.2) is 41.2 Å². The Morgan fingerprint density at radius 1 is 1.06 bits per heavy atom. The third-order valence-corrected chi connectivity index (χ3v) is 6.38. The molecule has 1 aliphatic carbocycles. The molecule has 2 aromatic carbocycles. The Labute approximate surface area is 190 Å². The Balaban J connectivity index is 1.41. The zero-order valence-electron chi connectivity index (χ0n) is 17.7. The van der Waals surface area contributed by atoms with Gasteiger partial charge in [-0.2, -0.15) is 0 Å². The molecule has 0 unspecified atom stereocenters. The van der Waals surface area contributed by atoms with Gasteiger partial charge in [0.05, 0.1) is 16.7 Å². The van der Waals surface area contributed by atoms with Gasteiger partial charge in [-0.1, -0.05) is 36.9 Å². The van der Waals surface area contributed by atoms with Crippen molar-refractivity contribution < 1.29 is 23.9 Å². The van der Waals surface area contributed by atoms with Crippen molar-refractivity contribution in [2.45, 2.75) is 45.1 Å². The molecule has 0 radical (unpaired) electrons. The Morgan fingerprint density at radius 2 is 1.78 bits per heavy atom. The molecular weight excluding hydrogens is 432 g/mol. The van der Waals surface area contributed by atoms with Crippen LogP contribution in [0.2, 0.25) is 5.02 Å². The van der Waals surface area contributed by atoms with E-state index in [4.69, 9.17) is 16.3 Å². The van der Waals surface area contributed by atoms with Crippen molar-refractivity contribution in [1.29, 1.82) is 0 Å². The Morgan fingerprint density at radius 3 is 2.53 bits per heavy atom. The average molecular weight is 455 g/mol. The summed E-state index contributed by atoms with van der Waals surface area (Å²) in [6, 6.07) is 9.31. The van der Waals surface area contributed by atoms with Crippen molar-refractivity contribution in [2.24, 2.45) is 0 Å². The summed E-state index contributed by atoms with van der Waals surface area (Å²) in [7, 11) is 0. The lowest BCUT2D eigenvalue weighted by Gasteiger charge is -2.29. The summed E-state index contributed by atoms with van der Waals surface area (Å²) in [4.78, 5) is 51.6. The first-order valence-corrected chi connectivity index (χ1v) is 11.0. The molecule has 8 heteroatoms. The molecular formula is C24H23ClN2O5. The van der Waals surface area contributed by atoms with E-state index in [0.29, 0.717) is 21.8 Å². The fourth-order valence-electron chi connectivity index (χ4n) is 4.20. The maximum absolute atomic E-state index is 12.9. The molecule has 1 saturated carbocycles. The number of halogens is 1. The molecule has 3 amide bonds. The van der Waals surface area contributed by atoms with Gasteiger partial charge < -0.3 is 10.1 Å². The second kappa shape index (κ2) is 9.12. The monoisotopic (exact) mass is 454 g/mol. The van der Waals surface area contributed by atoms with Gasteiger partial charge in [0.25, 0.3) is 17.7 Å². The molecule has 0 spiro atoms. The summed E-state index contributed by atoms with van der Waals surface area (Å²) in [6.07, 6.45) is 4.71. The highest BCUT2D eigenvalue weighted by Gasteiger charge is 2.40. The van der Waals surface area contributed by atoms with Crippen molar-refractivity contribution in [3.05, 3.63) is 63.7 Å². The first kappa shape index (κ1) is 22.0. The van der Waals surface area contributed by atoms with Crippen molar-refractivity contribution in [3.63, 3.8) is 0 Å². The number of amides is 3. The van der Waals surface area contributed by atoms with Gasteiger partial charge in [-0.3, -0.25) is 19.3 Å². The number of hydrogen-bond acceptors (Lipinski definition) is 5. The van der Waals surface area contributed by atoms with Crippen LogP contribution in [0, 0.1) is 6.92 Å². The average Bonchev–Trinajstić information content (AvgIpc) is 3.05. The first-order valence-electron chi connectivity index (χ1n) is 10.6. The summed E-state index contributed by atoms with van der Waals surface area (Å²) >= 11 is 6.04. The summed E-state index contributed by atoms with van der Waals surface area (Å²) < 4.78 is 5.10. The van der Waals surface area contributed by atoms with Crippen LogP contribution in [0.5, 0.6) is 0 Å². The van der Waals surface area contributed by atoms with Crippen LogP contribution in [0.3, 0.4) is 0 Å². The number of benzene rings is 2. The molecule has 0 aromatic heterocycles. The van der Waals surface area contributed by atoms with Crippen LogP contribution in [0.25, 0.3) is 0 Å². The van der Waals surface area contributed by atoms with Gasteiger partial charge in [-0.05, 0) is 55.7 Å². The standard InChI is InChI=1S/C24H23ClN2O5/c1-14-19(25)8-5-9-20(14)26-21(28)13-32-24(31)15-10-11-17-18(12-15)23(30)27(22(17)29)16-6-3-2-4-7-16/h5,8-12,16H,2-4,6-7,13H2,1H3,(H,26,28). The predicted molar refractivity (Wildman–Crippen MR) is 119 cm³/mol. The minimum absolute atomic E-state index is 0.0924. The molecule has 0 saturated heterocycles. The number of fused-ring (bicyclic) bond motifs is 1. The van der Waals surface area contributed by atoms with E-state index in [0.717, 1.165) is 32.1 Å². The van der Waals surface area contributed by atoms with Crippen molar-refractivity contribution in [2.75, 3.05) is 11.9 Å². The number of carbonyl (C=O) groups excluding carboxylic acids is 4. The summed E-state index contributed by atoms with van der Waals surface area (Å²) in [6.45, 7) is 1.27. The zero-order valence-corrected chi connectivity index (χ0v) is 18.4. The lowest BCUT2D eigenvalue weighted by Crippen LogP contribution is -2.40. The molecule has 2 aliphatic rings. The van der Waals surface area contributed by atoms with Crippen LogP contribution < -0.4 is 5.32 Å². The highest BCUT2D eigenvalue weighted by molar-refractivity contribution is 6.31. The van der Waals surface area contributed by atoms with Gasteiger partial charge >= 0.3 is 5.97 Å².